The van der Waals surface area contributed by atoms with Crippen molar-refractivity contribution in [2.45, 2.75) is 27.2 Å². The molecular formula is C24H24N3O3S+. The lowest BCUT2D eigenvalue weighted by molar-refractivity contribution is -0.575. The van der Waals surface area contributed by atoms with Crippen LogP contribution in [0.1, 0.15) is 29.2 Å². The van der Waals surface area contributed by atoms with E-state index in [-0.39, 0.29) is 11.4 Å². The highest BCUT2D eigenvalue weighted by molar-refractivity contribution is 7.81. The molecule has 0 saturated heterocycles. The number of hydrogen-bond acceptors (Lipinski definition) is 4. The summed E-state index contributed by atoms with van der Waals surface area (Å²) < 4.78 is 1.71. The first-order valence-corrected chi connectivity index (χ1v) is 10.3. The van der Waals surface area contributed by atoms with E-state index in [0.29, 0.717) is 21.8 Å². The number of aromatic nitrogens is 1. The number of nitrogens with zero attached hydrogens (tertiary/aromatic N) is 2. The zero-order chi connectivity index (χ0) is 22.5. The standard InChI is InChI=1S/C24H23N3O3S/c1-4-18-10-12-26(13-11-18)22(24(31)25-20-7-5-6-16(2)14-20)23(28)19-9-8-17(3)21(15-19)27(29)30/h5-15H,4H2,1-3H3,(H-,25,28,31)/p+1. The van der Waals surface area contributed by atoms with E-state index in [1.807, 2.05) is 55.7 Å². The molecule has 0 fully saturated rings. The van der Waals surface area contributed by atoms with Crippen molar-refractivity contribution in [3.8, 4) is 0 Å². The summed E-state index contributed by atoms with van der Waals surface area (Å²) in [7, 11) is 0. The van der Waals surface area contributed by atoms with Gasteiger partial charge in [-0.05, 0) is 43.5 Å². The van der Waals surface area contributed by atoms with Crippen LogP contribution in [0.5, 0.6) is 0 Å². The van der Waals surface area contributed by atoms with Gasteiger partial charge in [0.1, 0.15) is 0 Å². The van der Waals surface area contributed by atoms with E-state index < -0.39 is 4.92 Å². The number of aliphatic hydroxyl groups excluding tert-OH is 1. The maximum absolute atomic E-state index is 11.4. The van der Waals surface area contributed by atoms with Gasteiger partial charge in [-0.25, -0.2) is 0 Å². The molecule has 0 radical (unpaired) electrons. The summed E-state index contributed by atoms with van der Waals surface area (Å²) in [5.41, 5.74) is 4.09. The lowest BCUT2D eigenvalue weighted by atomic mass is 10.1. The second kappa shape index (κ2) is 9.49. The molecule has 0 aliphatic heterocycles. The molecule has 1 heterocycles. The van der Waals surface area contributed by atoms with Crippen molar-refractivity contribution in [1.29, 1.82) is 0 Å². The van der Waals surface area contributed by atoms with Crippen molar-refractivity contribution < 1.29 is 14.6 Å². The number of hydrogen-bond donors (Lipinski definition) is 2. The molecule has 2 aromatic carbocycles. The Labute approximate surface area is 186 Å². The molecule has 6 nitrogen and oxygen atoms in total. The number of thiocarbonyl (C=S) groups is 1. The zero-order valence-corrected chi connectivity index (χ0v) is 18.4. The minimum Gasteiger partial charge on any atom is -0.502 e. The molecule has 0 aliphatic carbocycles. The summed E-state index contributed by atoms with van der Waals surface area (Å²) in [5, 5.41) is 25.7. The Hall–Kier alpha value is -3.58. The molecule has 0 unspecified atom stereocenters. The Morgan fingerprint density at radius 2 is 1.84 bits per heavy atom. The lowest BCUT2D eigenvalue weighted by Crippen LogP contribution is -2.38. The van der Waals surface area contributed by atoms with Crippen LogP contribution in [0, 0.1) is 24.0 Å². The largest absolute Gasteiger partial charge is 0.502 e. The van der Waals surface area contributed by atoms with E-state index in [0.717, 1.165) is 23.2 Å². The maximum Gasteiger partial charge on any atom is 0.288 e. The Kier molecular flexibility index (Phi) is 6.77. The number of benzene rings is 2. The van der Waals surface area contributed by atoms with Gasteiger partial charge >= 0.3 is 0 Å². The van der Waals surface area contributed by atoms with E-state index >= 15 is 0 Å². The van der Waals surface area contributed by atoms with Crippen molar-refractivity contribution >= 4 is 40.0 Å². The second-order valence-corrected chi connectivity index (χ2v) is 7.65. The predicted octanol–water partition coefficient (Wildman–Crippen LogP) is 5.38. The first-order chi connectivity index (χ1) is 14.8. The van der Waals surface area contributed by atoms with Gasteiger partial charge in [0.05, 0.1) is 4.92 Å². The van der Waals surface area contributed by atoms with Crippen LogP contribution in [0.3, 0.4) is 0 Å². The lowest BCUT2D eigenvalue weighted by Gasteiger charge is -2.11. The normalized spacial score (nSPS) is 11.6. The average Bonchev–Trinajstić information content (AvgIpc) is 2.74. The molecule has 0 bridgehead atoms. The smallest absolute Gasteiger partial charge is 0.288 e. The summed E-state index contributed by atoms with van der Waals surface area (Å²) in [5.74, 6) is -0.150. The number of pyridine rings is 1. The van der Waals surface area contributed by atoms with Crippen molar-refractivity contribution in [3.63, 3.8) is 0 Å². The van der Waals surface area contributed by atoms with Gasteiger partial charge in [-0.1, -0.05) is 43.4 Å². The summed E-state index contributed by atoms with van der Waals surface area (Å²) in [4.78, 5) is 11.2. The van der Waals surface area contributed by atoms with Crippen LogP contribution in [-0.4, -0.2) is 15.0 Å². The molecule has 0 saturated carbocycles. The number of nitro groups is 1. The topological polar surface area (TPSA) is 79.3 Å². The molecule has 0 aliphatic rings. The second-order valence-electron chi connectivity index (χ2n) is 7.25. The molecule has 158 valence electrons. The predicted molar refractivity (Wildman–Crippen MR) is 127 cm³/mol. The summed E-state index contributed by atoms with van der Waals surface area (Å²) in [6.07, 6.45) is 4.51. The number of aryl methyl sites for hydroxylation is 3. The molecule has 31 heavy (non-hydrogen) atoms. The number of rotatable bonds is 6. The van der Waals surface area contributed by atoms with Gasteiger partial charge in [0, 0.05) is 35.0 Å². The van der Waals surface area contributed by atoms with Crippen LogP contribution in [0.25, 0.3) is 11.5 Å². The summed E-state index contributed by atoms with van der Waals surface area (Å²) in [6.45, 7) is 5.70. The van der Waals surface area contributed by atoms with Gasteiger partial charge < -0.3 is 10.4 Å². The number of anilines is 1. The van der Waals surface area contributed by atoms with Gasteiger partial charge in [-0.3, -0.25) is 10.1 Å². The van der Waals surface area contributed by atoms with Crippen molar-refractivity contribution in [3.05, 3.63) is 99.4 Å². The fourth-order valence-electron chi connectivity index (χ4n) is 3.19. The molecule has 0 atom stereocenters. The van der Waals surface area contributed by atoms with E-state index in [2.05, 4.69) is 12.2 Å². The molecule has 3 aromatic rings. The fraction of sp³-hybridized carbons (Fsp3) is 0.167. The fourth-order valence-corrected chi connectivity index (χ4v) is 3.51. The molecule has 1 aromatic heterocycles. The highest BCUT2D eigenvalue weighted by atomic mass is 32.1. The Balaban J connectivity index is 2.13. The van der Waals surface area contributed by atoms with Crippen LogP contribution in [0.15, 0.2) is 67.0 Å². The third kappa shape index (κ3) is 5.13. The third-order valence-corrected chi connectivity index (χ3v) is 5.25. The van der Waals surface area contributed by atoms with Gasteiger partial charge in [-0.2, -0.15) is 4.57 Å². The van der Waals surface area contributed by atoms with Crippen molar-refractivity contribution in [1.82, 2.24) is 0 Å². The number of nitro benzene ring substituents is 1. The highest BCUT2D eigenvalue weighted by Gasteiger charge is 2.25. The average molecular weight is 435 g/mol. The van der Waals surface area contributed by atoms with Gasteiger partial charge in [-0.15, -0.1) is 0 Å². The van der Waals surface area contributed by atoms with E-state index in [9.17, 15) is 15.2 Å². The van der Waals surface area contributed by atoms with Gasteiger partial charge in [0.25, 0.3) is 11.4 Å². The van der Waals surface area contributed by atoms with Crippen LogP contribution >= 0.6 is 12.2 Å². The minimum atomic E-state index is -0.460. The minimum absolute atomic E-state index is 0.0627. The third-order valence-electron chi connectivity index (χ3n) is 4.96. The monoisotopic (exact) mass is 434 g/mol. The summed E-state index contributed by atoms with van der Waals surface area (Å²) in [6, 6.07) is 16.2. The molecule has 7 heteroatoms. The van der Waals surface area contributed by atoms with Crippen LogP contribution in [0.2, 0.25) is 0 Å². The number of nitrogens with one attached hydrogen (secondary N) is 1. The molecular weight excluding hydrogens is 410 g/mol. The Morgan fingerprint density at radius 3 is 2.45 bits per heavy atom. The summed E-state index contributed by atoms with van der Waals surface area (Å²) >= 11 is 5.65. The first-order valence-electron chi connectivity index (χ1n) is 9.87. The van der Waals surface area contributed by atoms with Crippen molar-refractivity contribution in [2.24, 2.45) is 0 Å². The molecule has 2 N–H and O–H groups in total. The highest BCUT2D eigenvalue weighted by Crippen LogP contribution is 2.25. The van der Waals surface area contributed by atoms with E-state index in [1.165, 1.54) is 6.07 Å². The number of aliphatic hydroxyl groups is 1. The van der Waals surface area contributed by atoms with Crippen LogP contribution in [-0.2, 0) is 6.42 Å². The van der Waals surface area contributed by atoms with E-state index in [4.69, 9.17) is 12.2 Å². The van der Waals surface area contributed by atoms with Gasteiger partial charge in [0.2, 0.25) is 0 Å². The first kappa shape index (κ1) is 22.1. The quantitative estimate of drug-likeness (QED) is 0.136. The van der Waals surface area contributed by atoms with Crippen LogP contribution < -0.4 is 9.88 Å². The van der Waals surface area contributed by atoms with Crippen molar-refractivity contribution in [2.75, 3.05) is 5.32 Å². The molecule has 0 amide bonds. The zero-order valence-electron chi connectivity index (χ0n) is 17.6. The SMILES string of the molecule is CCc1cc[n+](/C(C(=S)Nc2cccc(C)c2)=C(\O)c2ccc(C)c([N+](=O)[O-])c2)cc1. The Morgan fingerprint density at radius 1 is 1.13 bits per heavy atom. The molecule has 3 rings (SSSR count). The van der Waals surface area contributed by atoms with Gasteiger partial charge in [0.15, 0.2) is 23.1 Å². The van der Waals surface area contributed by atoms with E-state index in [1.54, 1.807) is 23.6 Å². The van der Waals surface area contributed by atoms with Crippen LogP contribution in [0.4, 0.5) is 11.4 Å². The molecule has 0 spiro atoms. The Bertz CT molecular complexity index is 1170. The maximum atomic E-state index is 11.4.